The van der Waals surface area contributed by atoms with Gasteiger partial charge in [-0.15, -0.1) is 6.58 Å². The van der Waals surface area contributed by atoms with Crippen molar-refractivity contribution in [1.82, 2.24) is 20.5 Å². The fourth-order valence-electron chi connectivity index (χ4n) is 2.16. The van der Waals surface area contributed by atoms with Crippen LogP contribution in [-0.4, -0.2) is 27.7 Å². The highest BCUT2D eigenvalue weighted by Gasteiger charge is 2.13. The maximum atomic E-state index is 5.48. The van der Waals surface area contributed by atoms with Crippen molar-refractivity contribution in [3.63, 3.8) is 0 Å². The van der Waals surface area contributed by atoms with E-state index in [2.05, 4.69) is 27.5 Å². The maximum absolute atomic E-state index is 5.48. The third-order valence-corrected chi connectivity index (χ3v) is 3.53. The Morgan fingerprint density at radius 3 is 2.84 bits per heavy atom. The van der Waals surface area contributed by atoms with Gasteiger partial charge in [0.05, 0.1) is 18.2 Å². The number of hydrazone groups is 1. The van der Waals surface area contributed by atoms with Crippen molar-refractivity contribution in [2.75, 3.05) is 6.54 Å². The molecule has 25 heavy (non-hydrogen) atoms. The fraction of sp³-hybridized carbons (Fsp3) is 0.0556. The molecule has 0 atom stereocenters. The van der Waals surface area contributed by atoms with E-state index in [4.69, 9.17) is 16.6 Å². The van der Waals surface area contributed by atoms with Gasteiger partial charge in [0.2, 0.25) is 0 Å². The van der Waals surface area contributed by atoms with Crippen molar-refractivity contribution in [1.29, 1.82) is 0 Å². The van der Waals surface area contributed by atoms with Crippen LogP contribution in [-0.2, 0) is 0 Å². The first-order valence-corrected chi connectivity index (χ1v) is 8.05. The lowest BCUT2D eigenvalue weighted by Crippen LogP contribution is -2.31. The van der Waals surface area contributed by atoms with Gasteiger partial charge >= 0.3 is 0 Å². The molecule has 2 aromatic heterocycles. The van der Waals surface area contributed by atoms with Crippen LogP contribution in [0.2, 0.25) is 0 Å². The largest absolute Gasteiger partial charge is 0.463 e. The minimum atomic E-state index is 0.422. The standard InChI is InChI=1S/C18H17N5OS/c1-2-10-19-18(25)21-20-12-14-13-23(15-7-4-3-5-8-15)22-17(14)16-9-6-11-24-16/h2-9,11-13H,1,10H2,(H2,19,21,25). The van der Waals surface area contributed by atoms with Crippen LogP contribution in [0.3, 0.4) is 0 Å². The van der Waals surface area contributed by atoms with Gasteiger partial charge in [0.1, 0.15) is 5.69 Å². The molecule has 0 saturated heterocycles. The Hall–Kier alpha value is -3.19. The second-order valence-corrected chi connectivity index (χ2v) is 5.47. The van der Waals surface area contributed by atoms with Crippen molar-refractivity contribution < 1.29 is 4.42 Å². The second kappa shape index (κ2) is 8.07. The lowest BCUT2D eigenvalue weighted by Gasteiger charge is -2.02. The normalized spacial score (nSPS) is 10.7. The van der Waals surface area contributed by atoms with E-state index >= 15 is 0 Å². The van der Waals surface area contributed by atoms with E-state index in [1.807, 2.05) is 48.7 Å². The zero-order chi connectivity index (χ0) is 17.5. The van der Waals surface area contributed by atoms with E-state index in [9.17, 15) is 0 Å². The average Bonchev–Trinajstić information content (AvgIpc) is 3.30. The molecule has 0 radical (unpaired) electrons. The minimum absolute atomic E-state index is 0.422. The van der Waals surface area contributed by atoms with Crippen LogP contribution in [0.1, 0.15) is 5.56 Å². The molecule has 126 valence electrons. The van der Waals surface area contributed by atoms with Gasteiger partial charge in [-0.3, -0.25) is 5.43 Å². The van der Waals surface area contributed by atoms with Crippen molar-refractivity contribution in [3.8, 4) is 17.1 Å². The summed E-state index contributed by atoms with van der Waals surface area (Å²) in [4.78, 5) is 0. The number of benzene rings is 1. The van der Waals surface area contributed by atoms with Gasteiger partial charge in [-0.2, -0.15) is 10.2 Å². The van der Waals surface area contributed by atoms with Gasteiger partial charge in [0.15, 0.2) is 10.9 Å². The fourth-order valence-corrected chi connectivity index (χ4v) is 2.30. The van der Waals surface area contributed by atoms with E-state index in [0.29, 0.717) is 23.1 Å². The lowest BCUT2D eigenvalue weighted by atomic mass is 10.2. The van der Waals surface area contributed by atoms with Crippen LogP contribution < -0.4 is 10.7 Å². The zero-order valence-electron chi connectivity index (χ0n) is 13.4. The van der Waals surface area contributed by atoms with E-state index in [-0.39, 0.29) is 0 Å². The first-order valence-electron chi connectivity index (χ1n) is 7.64. The minimum Gasteiger partial charge on any atom is -0.463 e. The number of para-hydroxylation sites is 1. The first-order chi connectivity index (χ1) is 12.3. The summed E-state index contributed by atoms with van der Waals surface area (Å²) >= 11 is 5.11. The number of thiocarbonyl (C=S) groups is 1. The van der Waals surface area contributed by atoms with Gasteiger partial charge in [0, 0.05) is 18.3 Å². The summed E-state index contributed by atoms with van der Waals surface area (Å²) in [6, 6.07) is 13.5. The van der Waals surface area contributed by atoms with Crippen LogP contribution in [0.5, 0.6) is 0 Å². The Morgan fingerprint density at radius 2 is 2.12 bits per heavy atom. The first kappa shape index (κ1) is 16.7. The molecule has 0 aliphatic heterocycles. The average molecular weight is 351 g/mol. The Morgan fingerprint density at radius 1 is 1.28 bits per heavy atom. The van der Waals surface area contributed by atoms with Crippen LogP contribution in [0, 0.1) is 0 Å². The molecule has 3 aromatic rings. The number of nitrogens with zero attached hydrogens (tertiary/aromatic N) is 3. The van der Waals surface area contributed by atoms with Gasteiger partial charge < -0.3 is 9.73 Å². The summed E-state index contributed by atoms with van der Waals surface area (Å²) in [5.74, 6) is 0.670. The quantitative estimate of drug-likeness (QED) is 0.309. The molecule has 0 unspecified atom stereocenters. The summed E-state index contributed by atoms with van der Waals surface area (Å²) in [5.41, 5.74) is 5.21. The number of hydrogen-bond donors (Lipinski definition) is 2. The van der Waals surface area contributed by atoms with E-state index in [1.54, 1.807) is 23.2 Å². The predicted octanol–water partition coefficient (Wildman–Crippen LogP) is 3.12. The van der Waals surface area contributed by atoms with Gasteiger partial charge in [-0.25, -0.2) is 4.68 Å². The van der Waals surface area contributed by atoms with Crippen LogP contribution >= 0.6 is 12.2 Å². The summed E-state index contributed by atoms with van der Waals surface area (Å²) in [5, 5.41) is 12.1. The number of aromatic nitrogens is 2. The van der Waals surface area contributed by atoms with E-state index in [0.717, 1.165) is 11.3 Å². The predicted molar refractivity (Wildman–Crippen MR) is 103 cm³/mol. The summed E-state index contributed by atoms with van der Waals surface area (Å²) < 4.78 is 7.27. The highest BCUT2D eigenvalue weighted by Crippen LogP contribution is 2.22. The molecule has 0 aliphatic rings. The van der Waals surface area contributed by atoms with Gasteiger partial charge in [-0.05, 0) is 36.5 Å². The third-order valence-electron chi connectivity index (χ3n) is 3.29. The SMILES string of the molecule is C=CCNC(=S)NN=Cc1cn(-c2ccccc2)nc1-c1ccco1. The molecule has 0 spiro atoms. The molecule has 0 aliphatic carbocycles. The lowest BCUT2D eigenvalue weighted by molar-refractivity contribution is 0.579. The van der Waals surface area contributed by atoms with E-state index in [1.165, 1.54) is 0 Å². The summed E-state index contributed by atoms with van der Waals surface area (Å²) in [7, 11) is 0. The smallest absolute Gasteiger partial charge is 0.187 e. The number of furan rings is 1. The Bertz CT molecular complexity index is 868. The molecule has 7 heteroatoms. The Kier molecular flexibility index (Phi) is 5.38. The van der Waals surface area contributed by atoms with Crippen molar-refractivity contribution in [2.45, 2.75) is 0 Å². The second-order valence-electron chi connectivity index (χ2n) is 5.06. The Balaban J connectivity index is 1.85. The number of hydrogen-bond acceptors (Lipinski definition) is 4. The topological polar surface area (TPSA) is 67.4 Å². The van der Waals surface area contributed by atoms with Gasteiger partial charge in [-0.1, -0.05) is 24.3 Å². The third kappa shape index (κ3) is 4.21. The molecule has 0 saturated carbocycles. The van der Waals surface area contributed by atoms with E-state index < -0.39 is 0 Å². The summed E-state index contributed by atoms with van der Waals surface area (Å²) in [6.07, 6.45) is 6.88. The van der Waals surface area contributed by atoms with Crippen LogP contribution in [0.4, 0.5) is 0 Å². The molecule has 0 amide bonds. The monoisotopic (exact) mass is 351 g/mol. The molecule has 1 aromatic carbocycles. The highest BCUT2D eigenvalue weighted by atomic mass is 32.1. The molecule has 3 rings (SSSR count). The molecule has 0 fully saturated rings. The summed E-state index contributed by atoms with van der Waals surface area (Å²) in [6.45, 7) is 4.20. The van der Waals surface area contributed by atoms with Crippen molar-refractivity contribution >= 4 is 23.5 Å². The Labute approximate surface area is 150 Å². The highest BCUT2D eigenvalue weighted by molar-refractivity contribution is 7.80. The molecule has 6 nitrogen and oxygen atoms in total. The molecular formula is C18H17N5OS. The molecule has 2 heterocycles. The van der Waals surface area contributed by atoms with Gasteiger partial charge in [0.25, 0.3) is 0 Å². The van der Waals surface area contributed by atoms with Crippen LogP contribution in [0.25, 0.3) is 17.1 Å². The number of nitrogens with one attached hydrogen (secondary N) is 2. The molecule has 2 N–H and O–H groups in total. The van der Waals surface area contributed by atoms with Crippen molar-refractivity contribution in [2.24, 2.45) is 5.10 Å². The molecule has 0 bridgehead atoms. The zero-order valence-corrected chi connectivity index (χ0v) is 14.2. The molecular weight excluding hydrogens is 334 g/mol. The van der Waals surface area contributed by atoms with Crippen LogP contribution in [0.15, 0.2) is 77.1 Å². The van der Waals surface area contributed by atoms with Crippen molar-refractivity contribution in [3.05, 3.63) is 73.1 Å². The number of rotatable bonds is 6. The maximum Gasteiger partial charge on any atom is 0.187 e.